The molecule has 0 saturated carbocycles. The summed E-state index contributed by atoms with van der Waals surface area (Å²) >= 11 is 1.47. The van der Waals surface area contributed by atoms with Gasteiger partial charge in [0.1, 0.15) is 5.58 Å². The number of rotatable bonds is 6. The van der Waals surface area contributed by atoms with E-state index >= 15 is 0 Å². The molecule has 154 valence electrons. The normalized spacial score (nSPS) is 15.3. The number of aryl methyl sites for hydroxylation is 1. The van der Waals surface area contributed by atoms with Crippen LogP contribution in [0.1, 0.15) is 42.1 Å². The number of fused-ring (bicyclic) bond motifs is 1. The van der Waals surface area contributed by atoms with Gasteiger partial charge in [-0.05, 0) is 36.1 Å². The van der Waals surface area contributed by atoms with Crippen LogP contribution in [0.5, 0.6) is 0 Å². The monoisotopic (exact) mass is 413 g/mol. The standard InChI is InChI=1S/C22H27N3O3S/c1-14(2)18-10-19-16(12-28-20(19)8-15(18)3)9-21(26)24-22-23-17(13-29-22)11-25-4-6-27-7-5-25/h8,10,12-14H,4-7,9,11H2,1-3H3,(H,23,24,26). The molecule has 2 aromatic heterocycles. The highest BCUT2D eigenvalue weighted by molar-refractivity contribution is 7.13. The van der Waals surface area contributed by atoms with Gasteiger partial charge in [0.15, 0.2) is 5.13 Å². The Labute approximate surface area is 174 Å². The highest BCUT2D eigenvalue weighted by Gasteiger charge is 2.16. The maximum atomic E-state index is 12.6. The van der Waals surface area contributed by atoms with Crippen LogP contribution < -0.4 is 5.32 Å². The van der Waals surface area contributed by atoms with Crippen molar-refractivity contribution in [2.75, 3.05) is 31.6 Å². The molecule has 3 heterocycles. The summed E-state index contributed by atoms with van der Waals surface area (Å²) in [6.45, 7) is 10.6. The number of hydrogen-bond acceptors (Lipinski definition) is 6. The number of carbonyl (C=O) groups excluding carboxylic acids is 1. The molecular weight excluding hydrogens is 386 g/mol. The number of furan rings is 1. The van der Waals surface area contributed by atoms with E-state index in [2.05, 4.69) is 48.1 Å². The molecule has 1 N–H and O–H groups in total. The van der Waals surface area contributed by atoms with Crippen LogP contribution in [0.25, 0.3) is 11.0 Å². The van der Waals surface area contributed by atoms with Gasteiger partial charge < -0.3 is 14.5 Å². The van der Waals surface area contributed by atoms with E-state index in [1.54, 1.807) is 6.26 Å². The minimum absolute atomic E-state index is 0.0772. The van der Waals surface area contributed by atoms with Crippen molar-refractivity contribution in [1.29, 1.82) is 0 Å². The molecule has 29 heavy (non-hydrogen) atoms. The summed E-state index contributed by atoms with van der Waals surface area (Å²) in [5.41, 5.74) is 5.22. The van der Waals surface area contributed by atoms with Crippen molar-refractivity contribution in [2.45, 2.75) is 39.7 Å². The minimum atomic E-state index is -0.0772. The number of morpholine rings is 1. The first-order valence-electron chi connectivity index (χ1n) is 10.0. The summed E-state index contributed by atoms with van der Waals surface area (Å²) < 4.78 is 11.1. The number of nitrogens with zero attached hydrogens (tertiary/aromatic N) is 2. The van der Waals surface area contributed by atoms with Gasteiger partial charge in [0, 0.05) is 36.0 Å². The second kappa shape index (κ2) is 8.65. The van der Waals surface area contributed by atoms with Gasteiger partial charge in [-0.3, -0.25) is 9.69 Å². The van der Waals surface area contributed by atoms with E-state index in [0.29, 0.717) is 11.0 Å². The van der Waals surface area contributed by atoms with Crippen LogP contribution in [0, 0.1) is 6.92 Å². The quantitative estimate of drug-likeness (QED) is 0.651. The lowest BCUT2D eigenvalue weighted by atomic mass is 9.95. The zero-order valence-electron chi connectivity index (χ0n) is 17.2. The molecule has 7 heteroatoms. The van der Waals surface area contributed by atoms with Crippen molar-refractivity contribution in [1.82, 2.24) is 9.88 Å². The van der Waals surface area contributed by atoms with Crippen molar-refractivity contribution in [2.24, 2.45) is 0 Å². The maximum Gasteiger partial charge on any atom is 0.230 e. The van der Waals surface area contributed by atoms with Crippen LogP contribution in [0.3, 0.4) is 0 Å². The Kier molecular flexibility index (Phi) is 5.99. The summed E-state index contributed by atoms with van der Waals surface area (Å²) in [7, 11) is 0. The van der Waals surface area contributed by atoms with E-state index < -0.39 is 0 Å². The van der Waals surface area contributed by atoms with Crippen molar-refractivity contribution in [3.63, 3.8) is 0 Å². The fourth-order valence-corrected chi connectivity index (χ4v) is 4.48. The van der Waals surface area contributed by atoms with Crippen LogP contribution in [0.15, 0.2) is 28.2 Å². The number of hydrogen-bond donors (Lipinski definition) is 1. The summed E-state index contributed by atoms with van der Waals surface area (Å²) in [6.07, 6.45) is 1.96. The summed E-state index contributed by atoms with van der Waals surface area (Å²) in [5.74, 6) is 0.350. The number of aromatic nitrogens is 1. The number of benzene rings is 1. The lowest BCUT2D eigenvalue weighted by Crippen LogP contribution is -2.35. The molecule has 0 spiro atoms. The van der Waals surface area contributed by atoms with Gasteiger partial charge in [-0.25, -0.2) is 4.98 Å². The van der Waals surface area contributed by atoms with Crippen molar-refractivity contribution < 1.29 is 13.9 Å². The lowest BCUT2D eigenvalue weighted by molar-refractivity contribution is -0.115. The highest BCUT2D eigenvalue weighted by atomic mass is 32.1. The predicted octanol–water partition coefficient (Wildman–Crippen LogP) is 4.33. The Morgan fingerprint density at radius 2 is 2.10 bits per heavy atom. The van der Waals surface area contributed by atoms with Gasteiger partial charge >= 0.3 is 0 Å². The Balaban J connectivity index is 1.41. The molecule has 0 radical (unpaired) electrons. The zero-order valence-corrected chi connectivity index (χ0v) is 18.0. The average molecular weight is 414 g/mol. The van der Waals surface area contributed by atoms with E-state index in [9.17, 15) is 4.79 Å². The Bertz CT molecular complexity index is 1000. The molecule has 1 aromatic carbocycles. The fraction of sp³-hybridized carbons (Fsp3) is 0.455. The van der Waals surface area contributed by atoms with Gasteiger partial charge in [0.2, 0.25) is 5.91 Å². The highest BCUT2D eigenvalue weighted by Crippen LogP contribution is 2.29. The number of ether oxygens (including phenoxy) is 1. The molecule has 1 aliphatic heterocycles. The topological polar surface area (TPSA) is 67.6 Å². The Morgan fingerprint density at radius 3 is 2.86 bits per heavy atom. The van der Waals surface area contributed by atoms with E-state index in [4.69, 9.17) is 9.15 Å². The first-order chi connectivity index (χ1) is 14.0. The van der Waals surface area contributed by atoms with Crippen LogP contribution in [-0.4, -0.2) is 42.1 Å². The molecule has 6 nitrogen and oxygen atoms in total. The predicted molar refractivity (Wildman–Crippen MR) is 116 cm³/mol. The summed E-state index contributed by atoms with van der Waals surface area (Å²) in [5, 5.41) is 6.60. The molecule has 0 aliphatic carbocycles. The first kappa shape index (κ1) is 20.1. The summed E-state index contributed by atoms with van der Waals surface area (Å²) in [6, 6.07) is 4.22. The molecule has 1 amide bonds. The number of thiazole rings is 1. The van der Waals surface area contributed by atoms with E-state index in [-0.39, 0.29) is 12.3 Å². The van der Waals surface area contributed by atoms with E-state index in [1.165, 1.54) is 22.5 Å². The van der Waals surface area contributed by atoms with Crippen LogP contribution >= 0.6 is 11.3 Å². The first-order valence-corrected chi connectivity index (χ1v) is 10.9. The van der Waals surface area contributed by atoms with E-state index in [0.717, 1.165) is 55.1 Å². The molecular formula is C22H27N3O3S. The third-order valence-corrected chi connectivity index (χ3v) is 6.11. The number of anilines is 1. The molecule has 1 fully saturated rings. The second-order valence-electron chi connectivity index (χ2n) is 7.88. The van der Waals surface area contributed by atoms with Gasteiger partial charge in [-0.2, -0.15) is 0 Å². The largest absolute Gasteiger partial charge is 0.464 e. The third kappa shape index (κ3) is 4.69. The molecule has 4 rings (SSSR count). The van der Waals surface area contributed by atoms with Crippen molar-refractivity contribution >= 4 is 33.3 Å². The van der Waals surface area contributed by atoms with Crippen LogP contribution in [0.4, 0.5) is 5.13 Å². The number of carbonyl (C=O) groups is 1. The smallest absolute Gasteiger partial charge is 0.230 e. The number of nitrogens with one attached hydrogen (secondary N) is 1. The Morgan fingerprint density at radius 1 is 1.31 bits per heavy atom. The molecule has 0 unspecified atom stereocenters. The van der Waals surface area contributed by atoms with Crippen LogP contribution in [-0.2, 0) is 22.5 Å². The molecule has 3 aromatic rings. The molecule has 0 bridgehead atoms. The average Bonchev–Trinajstić information content (AvgIpc) is 3.28. The van der Waals surface area contributed by atoms with Gasteiger partial charge in [-0.1, -0.05) is 13.8 Å². The van der Waals surface area contributed by atoms with Gasteiger partial charge in [-0.15, -0.1) is 11.3 Å². The molecule has 0 atom stereocenters. The minimum Gasteiger partial charge on any atom is -0.464 e. The SMILES string of the molecule is Cc1cc2occ(CC(=O)Nc3nc(CN4CCOCC4)cs3)c2cc1C(C)C. The van der Waals surface area contributed by atoms with Crippen molar-refractivity contribution in [3.8, 4) is 0 Å². The Hall–Kier alpha value is -2.22. The van der Waals surface area contributed by atoms with E-state index in [1.807, 2.05) is 5.38 Å². The maximum absolute atomic E-state index is 12.6. The third-order valence-electron chi connectivity index (χ3n) is 5.30. The number of amides is 1. The zero-order chi connectivity index (χ0) is 20.4. The van der Waals surface area contributed by atoms with Gasteiger partial charge in [0.25, 0.3) is 0 Å². The van der Waals surface area contributed by atoms with Gasteiger partial charge in [0.05, 0.1) is 31.6 Å². The molecule has 1 aliphatic rings. The molecule has 1 saturated heterocycles. The summed E-state index contributed by atoms with van der Waals surface area (Å²) in [4.78, 5) is 19.5. The van der Waals surface area contributed by atoms with Crippen LogP contribution in [0.2, 0.25) is 0 Å². The fourth-order valence-electron chi connectivity index (χ4n) is 3.77. The second-order valence-corrected chi connectivity index (χ2v) is 8.74. The van der Waals surface area contributed by atoms with Crippen molar-refractivity contribution in [3.05, 3.63) is 46.2 Å². The lowest BCUT2D eigenvalue weighted by Gasteiger charge is -2.25.